The second kappa shape index (κ2) is 4.81. The minimum Gasteiger partial charge on any atom is -0.411 e. The SMILES string of the molecule is O/N=C(\Cn1ccnc1)c1ccc(Cl)cc1. The Morgan fingerprint density at radius 3 is 2.69 bits per heavy atom. The van der Waals surface area contributed by atoms with E-state index >= 15 is 0 Å². The number of benzene rings is 1. The molecule has 0 amide bonds. The molecule has 16 heavy (non-hydrogen) atoms. The Labute approximate surface area is 97.8 Å². The third-order valence-corrected chi connectivity index (χ3v) is 2.44. The van der Waals surface area contributed by atoms with E-state index in [0.717, 1.165) is 5.56 Å². The summed E-state index contributed by atoms with van der Waals surface area (Å²) < 4.78 is 1.82. The summed E-state index contributed by atoms with van der Waals surface area (Å²) in [6.07, 6.45) is 5.15. The van der Waals surface area contributed by atoms with Crippen LogP contribution in [0.25, 0.3) is 0 Å². The Morgan fingerprint density at radius 1 is 1.38 bits per heavy atom. The molecule has 0 aliphatic carbocycles. The van der Waals surface area contributed by atoms with Crippen LogP contribution in [-0.2, 0) is 6.54 Å². The summed E-state index contributed by atoms with van der Waals surface area (Å²) in [7, 11) is 0. The highest BCUT2D eigenvalue weighted by molar-refractivity contribution is 6.30. The number of hydrogen-bond donors (Lipinski definition) is 1. The normalized spacial score (nSPS) is 11.7. The van der Waals surface area contributed by atoms with Crippen molar-refractivity contribution in [3.8, 4) is 0 Å². The van der Waals surface area contributed by atoms with E-state index in [2.05, 4.69) is 10.1 Å². The molecule has 1 heterocycles. The molecule has 1 aromatic heterocycles. The average molecular weight is 236 g/mol. The quantitative estimate of drug-likeness (QED) is 0.505. The molecule has 0 bridgehead atoms. The highest BCUT2D eigenvalue weighted by Crippen LogP contribution is 2.11. The molecule has 0 aliphatic heterocycles. The monoisotopic (exact) mass is 235 g/mol. The summed E-state index contributed by atoms with van der Waals surface area (Å²) in [6.45, 7) is 0.470. The van der Waals surface area contributed by atoms with Gasteiger partial charge in [-0.25, -0.2) is 4.98 Å². The summed E-state index contributed by atoms with van der Waals surface area (Å²) in [4.78, 5) is 3.92. The zero-order chi connectivity index (χ0) is 11.4. The van der Waals surface area contributed by atoms with Crippen LogP contribution in [0, 0.1) is 0 Å². The smallest absolute Gasteiger partial charge is 0.106 e. The Balaban J connectivity index is 2.20. The molecular formula is C11H10ClN3O. The minimum absolute atomic E-state index is 0.470. The largest absolute Gasteiger partial charge is 0.411 e. The van der Waals surface area contributed by atoms with E-state index in [0.29, 0.717) is 17.3 Å². The van der Waals surface area contributed by atoms with Crippen LogP contribution in [0.3, 0.4) is 0 Å². The molecule has 0 saturated heterocycles. The Hall–Kier alpha value is -1.81. The Kier molecular flexibility index (Phi) is 3.22. The molecule has 0 atom stereocenters. The molecule has 1 N–H and O–H groups in total. The van der Waals surface area contributed by atoms with Crippen LogP contribution in [0.4, 0.5) is 0 Å². The molecule has 5 heteroatoms. The number of nitrogens with zero attached hydrogens (tertiary/aromatic N) is 3. The van der Waals surface area contributed by atoms with Crippen LogP contribution in [0.15, 0.2) is 48.1 Å². The van der Waals surface area contributed by atoms with Crippen LogP contribution in [-0.4, -0.2) is 20.5 Å². The summed E-state index contributed by atoms with van der Waals surface area (Å²) in [5.41, 5.74) is 1.40. The van der Waals surface area contributed by atoms with Crippen molar-refractivity contribution in [3.63, 3.8) is 0 Å². The van der Waals surface area contributed by atoms with Gasteiger partial charge in [-0.2, -0.15) is 0 Å². The van der Waals surface area contributed by atoms with E-state index in [-0.39, 0.29) is 0 Å². The highest BCUT2D eigenvalue weighted by atomic mass is 35.5. The molecule has 0 spiro atoms. The number of imidazole rings is 1. The number of oxime groups is 1. The van der Waals surface area contributed by atoms with E-state index in [9.17, 15) is 0 Å². The Morgan fingerprint density at radius 2 is 2.12 bits per heavy atom. The molecule has 0 radical (unpaired) electrons. The van der Waals surface area contributed by atoms with Gasteiger partial charge in [0.2, 0.25) is 0 Å². The molecule has 4 nitrogen and oxygen atoms in total. The van der Waals surface area contributed by atoms with Crippen LogP contribution in [0.1, 0.15) is 5.56 Å². The van der Waals surface area contributed by atoms with E-state index < -0.39 is 0 Å². The number of halogens is 1. The topological polar surface area (TPSA) is 50.4 Å². The molecule has 2 rings (SSSR count). The molecule has 0 unspecified atom stereocenters. The van der Waals surface area contributed by atoms with Crippen molar-refractivity contribution in [2.75, 3.05) is 0 Å². The van der Waals surface area contributed by atoms with Crippen LogP contribution in [0.5, 0.6) is 0 Å². The average Bonchev–Trinajstić information content (AvgIpc) is 2.80. The summed E-state index contributed by atoms with van der Waals surface area (Å²) in [6, 6.07) is 7.15. The predicted molar refractivity (Wildman–Crippen MR) is 62.0 cm³/mol. The zero-order valence-electron chi connectivity index (χ0n) is 8.42. The third kappa shape index (κ3) is 2.41. The lowest BCUT2D eigenvalue weighted by atomic mass is 10.1. The Bertz CT molecular complexity index is 476. The van der Waals surface area contributed by atoms with Crippen molar-refractivity contribution in [1.29, 1.82) is 0 Å². The van der Waals surface area contributed by atoms with Gasteiger partial charge in [0.15, 0.2) is 0 Å². The van der Waals surface area contributed by atoms with Crippen LogP contribution < -0.4 is 0 Å². The lowest BCUT2D eigenvalue weighted by Crippen LogP contribution is -2.10. The molecule has 0 saturated carbocycles. The van der Waals surface area contributed by atoms with Gasteiger partial charge in [-0.15, -0.1) is 0 Å². The predicted octanol–water partition coefficient (Wildman–Crippen LogP) is 2.42. The molecule has 0 aliphatic rings. The first-order chi connectivity index (χ1) is 7.79. The first-order valence-electron chi connectivity index (χ1n) is 4.72. The fraction of sp³-hybridized carbons (Fsp3) is 0.0909. The summed E-state index contributed by atoms with van der Waals surface area (Å²) in [5.74, 6) is 0. The fourth-order valence-corrected chi connectivity index (χ4v) is 1.50. The van der Waals surface area contributed by atoms with Crippen molar-refractivity contribution in [2.45, 2.75) is 6.54 Å². The van der Waals surface area contributed by atoms with E-state index in [1.807, 2.05) is 16.7 Å². The molecular weight excluding hydrogens is 226 g/mol. The number of aromatic nitrogens is 2. The van der Waals surface area contributed by atoms with Gasteiger partial charge in [0, 0.05) is 23.0 Å². The van der Waals surface area contributed by atoms with Crippen LogP contribution >= 0.6 is 11.6 Å². The van der Waals surface area contributed by atoms with Crippen molar-refractivity contribution >= 4 is 17.3 Å². The summed E-state index contributed by atoms with van der Waals surface area (Å²) in [5, 5.41) is 12.9. The lowest BCUT2D eigenvalue weighted by molar-refractivity contribution is 0.317. The zero-order valence-corrected chi connectivity index (χ0v) is 9.17. The van der Waals surface area contributed by atoms with Gasteiger partial charge in [0.1, 0.15) is 5.71 Å². The third-order valence-electron chi connectivity index (χ3n) is 2.19. The van der Waals surface area contributed by atoms with Crippen molar-refractivity contribution in [1.82, 2.24) is 9.55 Å². The maximum Gasteiger partial charge on any atom is 0.106 e. The van der Waals surface area contributed by atoms with Gasteiger partial charge in [-0.1, -0.05) is 28.9 Å². The number of rotatable bonds is 3. The van der Waals surface area contributed by atoms with Crippen LogP contribution in [0.2, 0.25) is 5.02 Å². The van der Waals surface area contributed by atoms with Gasteiger partial charge >= 0.3 is 0 Å². The van der Waals surface area contributed by atoms with Crippen molar-refractivity contribution in [3.05, 3.63) is 53.6 Å². The van der Waals surface area contributed by atoms with E-state index in [1.165, 1.54) is 0 Å². The fourth-order valence-electron chi connectivity index (χ4n) is 1.38. The van der Waals surface area contributed by atoms with Gasteiger partial charge < -0.3 is 9.77 Å². The first-order valence-corrected chi connectivity index (χ1v) is 5.10. The highest BCUT2D eigenvalue weighted by Gasteiger charge is 2.04. The molecule has 2 aromatic rings. The maximum atomic E-state index is 8.97. The van der Waals surface area contributed by atoms with E-state index in [4.69, 9.17) is 16.8 Å². The van der Waals surface area contributed by atoms with Gasteiger partial charge in [0.25, 0.3) is 0 Å². The minimum atomic E-state index is 0.470. The molecule has 82 valence electrons. The second-order valence-corrected chi connectivity index (χ2v) is 3.73. The van der Waals surface area contributed by atoms with Crippen molar-refractivity contribution in [2.24, 2.45) is 5.16 Å². The second-order valence-electron chi connectivity index (χ2n) is 3.29. The van der Waals surface area contributed by atoms with Gasteiger partial charge in [-0.05, 0) is 12.1 Å². The van der Waals surface area contributed by atoms with E-state index in [1.54, 1.807) is 30.9 Å². The number of hydrogen-bond acceptors (Lipinski definition) is 3. The standard InChI is InChI=1S/C11H10ClN3O/c12-10-3-1-9(2-4-10)11(14-16)7-15-6-5-13-8-15/h1-6,8,16H,7H2/b14-11+. The summed E-state index contributed by atoms with van der Waals surface area (Å²) >= 11 is 5.78. The van der Waals surface area contributed by atoms with Gasteiger partial charge in [-0.3, -0.25) is 0 Å². The van der Waals surface area contributed by atoms with Gasteiger partial charge in [0.05, 0.1) is 12.9 Å². The maximum absolute atomic E-state index is 8.97. The first kappa shape index (κ1) is 10.7. The lowest BCUT2D eigenvalue weighted by Gasteiger charge is -2.05. The van der Waals surface area contributed by atoms with Crippen molar-refractivity contribution < 1.29 is 5.21 Å². The molecule has 1 aromatic carbocycles. The molecule has 0 fully saturated rings.